The number of hydrogen-bond donors (Lipinski definition) is 4. The van der Waals surface area contributed by atoms with E-state index in [0.29, 0.717) is 66.8 Å². The fourth-order valence-electron chi connectivity index (χ4n) is 16.9. The average molecular weight is 947 g/mol. The van der Waals surface area contributed by atoms with Crippen LogP contribution < -0.4 is 0 Å². The Morgan fingerprint density at radius 3 is 1.57 bits per heavy atom. The first-order valence-corrected chi connectivity index (χ1v) is 27.5. The van der Waals surface area contributed by atoms with Crippen LogP contribution in [0.1, 0.15) is 171 Å². The normalized spacial score (nSPS) is 40.5. The summed E-state index contributed by atoms with van der Waals surface area (Å²) in [6, 6.07) is 0. The first kappa shape index (κ1) is 54.2. The lowest BCUT2D eigenvalue weighted by molar-refractivity contribution is -0.112. The van der Waals surface area contributed by atoms with Crippen molar-refractivity contribution in [1.29, 1.82) is 0 Å². The minimum atomic E-state index is -1.03. The Bertz CT molecular complexity index is 1850. The molecule has 0 heterocycles. The highest BCUT2D eigenvalue weighted by atomic mass is 16.7. The quantitative estimate of drug-likeness (QED) is 0.0664. The molecular weight excluding hydrogens is 849 g/mol. The SMILES string of the molecule is C=C1CC[C@@H]2C[C@]12[C@@H](/C=C1\CCC[C@]2(C)[C@@H]([C@H](C)/C=C/CC(C)(C)OCOC)CC[C@@H]12)CO.COCOC(C)(C)C/C=C/[C@@H](C)[C@H]1CC[C@H]2/C(=C/[C@@H](CO)[C@]34C[C@H]3CCC4(O)CO)CCC[C@]12C. The third-order valence-electron chi connectivity index (χ3n) is 20.9. The summed E-state index contributed by atoms with van der Waals surface area (Å²) >= 11 is 0. The number of aliphatic hydroxyl groups is 4. The molecule has 8 saturated carbocycles. The molecule has 1 unspecified atom stereocenters. The number of methoxy groups -OCH3 is 2. The Hall–Kier alpha value is -1.62. The Morgan fingerprint density at radius 2 is 1.16 bits per heavy atom. The van der Waals surface area contributed by atoms with Crippen molar-refractivity contribution >= 4 is 0 Å². The smallest absolute Gasteiger partial charge is 0.147 e. The van der Waals surface area contributed by atoms with Crippen LogP contribution in [0.25, 0.3) is 0 Å². The third-order valence-corrected chi connectivity index (χ3v) is 20.9. The van der Waals surface area contributed by atoms with Crippen molar-refractivity contribution < 1.29 is 39.4 Å². The molecule has 8 aliphatic rings. The Balaban J connectivity index is 0.000000202. The van der Waals surface area contributed by atoms with Gasteiger partial charge in [0, 0.05) is 43.5 Å². The number of rotatable bonds is 21. The molecule has 0 aromatic heterocycles. The molecule has 0 aliphatic heterocycles. The molecule has 8 nitrogen and oxygen atoms in total. The summed E-state index contributed by atoms with van der Waals surface area (Å²) in [5, 5.41) is 42.0. The predicted molar refractivity (Wildman–Crippen MR) is 274 cm³/mol. The molecule has 8 rings (SSSR count). The van der Waals surface area contributed by atoms with Crippen LogP contribution in [0, 0.1) is 80.8 Å². The Labute approximate surface area is 413 Å². The minimum Gasteiger partial charge on any atom is -0.396 e. The zero-order valence-electron chi connectivity index (χ0n) is 44.6. The highest BCUT2D eigenvalue weighted by molar-refractivity contribution is 5.34. The van der Waals surface area contributed by atoms with Gasteiger partial charge in [0.1, 0.15) is 13.6 Å². The Kier molecular flexibility index (Phi) is 17.1. The van der Waals surface area contributed by atoms with Gasteiger partial charge in [0.25, 0.3) is 0 Å². The lowest BCUT2D eigenvalue weighted by Crippen LogP contribution is -2.46. The first-order chi connectivity index (χ1) is 32.2. The van der Waals surface area contributed by atoms with E-state index in [-0.39, 0.29) is 53.2 Å². The molecule has 8 fully saturated rings. The molecule has 0 spiro atoms. The van der Waals surface area contributed by atoms with E-state index in [2.05, 4.69) is 98.4 Å². The van der Waals surface area contributed by atoms with E-state index in [1.54, 1.807) is 19.8 Å². The predicted octanol–water partition coefficient (Wildman–Crippen LogP) is 12.3. The van der Waals surface area contributed by atoms with Gasteiger partial charge >= 0.3 is 0 Å². The maximum absolute atomic E-state index is 11.2. The van der Waals surface area contributed by atoms with Crippen LogP contribution in [0.5, 0.6) is 0 Å². The summed E-state index contributed by atoms with van der Waals surface area (Å²) < 4.78 is 21.8. The summed E-state index contributed by atoms with van der Waals surface area (Å²) in [6.45, 7) is 23.6. The second-order valence-corrected chi connectivity index (χ2v) is 25.6. The molecule has 8 heteroatoms. The average Bonchev–Trinajstić information content (AvgIpc) is 4.04. The molecule has 386 valence electrons. The largest absolute Gasteiger partial charge is 0.396 e. The second-order valence-electron chi connectivity index (χ2n) is 25.6. The van der Waals surface area contributed by atoms with E-state index >= 15 is 0 Å². The highest BCUT2D eigenvalue weighted by Gasteiger charge is 2.72. The van der Waals surface area contributed by atoms with E-state index in [9.17, 15) is 20.4 Å². The van der Waals surface area contributed by atoms with Crippen LogP contribution in [0.3, 0.4) is 0 Å². The maximum atomic E-state index is 11.2. The van der Waals surface area contributed by atoms with Crippen molar-refractivity contribution in [3.8, 4) is 0 Å². The van der Waals surface area contributed by atoms with Gasteiger partial charge in [-0.15, -0.1) is 0 Å². The van der Waals surface area contributed by atoms with Gasteiger partial charge in [0.05, 0.1) is 30.0 Å². The van der Waals surface area contributed by atoms with Crippen molar-refractivity contribution in [2.75, 3.05) is 47.6 Å². The van der Waals surface area contributed by atoms with Crippen LogP contribution in [0.4, 0.5) is 0 Å². The van der Waals surface area contributed by atoms with Crippen molar-refractivity contribution in [2.24, 2.45) is 80.8 Å². The molecule has 8 aliphatic carbocycles. The molecule has 15 atom stereocenters. The van der Waals surface area contributed by atoms with E-state index in [4.69, 9.17) is 18.9 Å². The van der Waals surface area contributed by atoms with Gasteiger partial charge in [0.2, 0.25) is 0 Å². The molecular formula is C60H98O8. The number of aliphatic hydroxyl groups excluding tert-OH is 3. The number of hydrogen-bond acceptors (Lipinski definition) is 8. The molecule has 4 N–H and O–H groups in total. The fourth-order valence-corrected chi connectivity index (χ4v) is 16.9. The maximum Gasteiger partial charge on any atom is 0.147 e. The monoisotopic (exact) mass is 947 g/mol. The fraction of sp³-hybridized carbons (Fsp3) is 0.833. The van der Waals surface area contributed by atoms with Gasteiger partial charge in [-0.1, -0.05) is 87.4 Å². The van der Waals surface area contributed by atoms with E-state index in [0.717, 1.165) is 43.9 Å². The number of ether oxygens (including phenoxy) is 4. The molecule has 0 aromatic rings. The third kappa shape index (κ3) is 10.4. The molecule has 0 amide bonds. The summed E-state index contributed by atoms with van der Waals surface area (Å²) in [4.78, 5) is 0. The molecule has 0 radical (unpaired) electrons. The van der Waals surface area contributed by atoms with Crippen molar-refractivity contribution in [3.63, 3.8) is 0 Å². The van der Waals surface area contributed by atoms with Gasteiger partial charge in [-0.2, -0.15) is 0 Å². The number of allylic oxidation sites excluding steroid dienone is 5. The summed E-state index contributed by atoms with van der Waals surface area (Å²) in [7, 11) is 3.33. The number of fused-ring (bicyclic) bond motifs is 4. The second kappa shape index (κ2) is 21.5. The molecule has 0 aromatic carbocycles. The van der Waals surface area contributed by atoms with Gasteiger partial charge < -0.3 is 39.4 Å². The van der Waals surface area contributed by atoms with Crippen LogP contribution in [-0.4, -0.2) is 84.9 Å². The lowest BCUT2D eigenvalue weighted by Gasteiger charge is -2.45. The molecule has 0 bridgehead atoms. The topological polar surface area (TPSA) is 118 Å². The standard InChI is InChI=1S/C30H50O5.C30H48O3/c1-21(8-6-13-27(2,3)35-20-34-5)25-10-11-26-22(9-7-14-28(25,26)4)16-24(18-31)30-17-23(30)12-15-29(30,33)19-32;1-21(9-7-15-28(3,4)33-20-32-6)26-13-14-27-23(10-8-16-29(26,27)5)17-25(19-31)30-18-24(30)12-11-22(30)2/h6,8,16,21,23-26,31-33H,7,9-15,17-20H2,1-5H3;7,9,17,21,24-27,31H,2,8,10-16,18-20H2,1,3-6H3/b8-6+,22-16+;9-7+,23-17+/t21-,23-,24+,25-,26+,28-,29?,30+;21-,24-,25+,26-,27+,29-,30+/m11/s1. The molecule has 0 saturated heterocycles. The van der Waals surface area contributed by atoms with Crippen LogP contribution >= 0.6 is 0 Å². The summed E-state index contributed by atoms with van der Waals surface area (Å²) in [6.07, 6.45) is 35.0. The summed E-state index contributed by atoms with van der Waals surface area (Å²) in [5.74, 6) is 5.19. The van der Waals surface area contributed by atoms with Crippen molar-refractivity contribution in [3.05, 3.63) is 59.8 Å². The molecule has 68 heavy (non-hydrogen) atoms. The van der Waals surface area contributed by atoms with Crippen LogP contribution in [0.15, 0.2) is 59.8 Å². The van der Waals surface area contributed by atoms with Crippen LogP contribution in [-0.2, 0) is 18.9 Å². The van der Waals surface area contributed by atoms with E-state index in [1.165, 1.54) is 88.2 Å². The first-order valence-electron chi connectivity index (χ1n) is 27.5. The van der Waals surface area contributed by atoms with Crippen molar-refractivity contribution in [1.82, 2.24) is 0 Å². The van der Waals surface area contributed by atoms with Gasteiger partial charge in [-0.05, 0) is 201 Å². The van der Waals surface area contributed by atoms with Gasteiger partial charge in [-0.25, -0.2) is 0 Å². The Morgan fingerprint density at radius 1 is 0.662 bits per heavy atom. The van der Waals surface area contributed by atoms with Gasteiger partial charge in [0.15, 0.2) is 0 Å². The minimum absolute atomic E-state index is 0.0461. The van der Waals surface area contributed by atoms with E-state index < -0.39 is 5.60 Å². The summed E-state index contributed by atoms with van der Waals surface area (Å²) in [5.41, 5.74) is 3.71. The zero-order chi connectivity index (χ0) is 49.3. The van der Waals surface area contributed by atoms with E-state index in [1.807, 2.05) is 0 Å². The van der Waals surface area contributed by atoms with Gasteiger partial charge in [-0.3, -0.25) is 0 Å². The van der Waals surface area contributed by atoms with Crippen LogP contribution in [0.2, 0.25) is 0 Å². The van der Waals surface area contributed by atoms with Crippen molar-refractivity contribution in [2.45, 2.75) is 188 Å². The highest BCUT2D eigenvalue weighted by Crippen LogP contribution is 2.73. The zero-order valence-corrected chi connectivity index (χ0v) is 44.6. The lowest BCUT2D eigenvalue weighted by atomic mass is 9.60.